The molecule has 0 fully saturated rings. The molecule has 1 aromatic heterocycles. The van der Waals surface area contributed by atoms with Crippen LogP contribution in [0, 0.1) is 0 Å². The normalized spacial score (nSPS) is 12.2. The average Bonchev–Trinajstić information content (AvgIpc) is 3.31. The summed E-state index contributed by atoms with van der Waals surface area (Å²) in [5.74, 6) is 2.41. The predicted octanol–water partition coefficient (Wildman–Crippen LogP) is 3.64. The van der Waals surface area contributed by atoms with Crippen LogP contribution in [0.1, 0.15) is 5.69 Å². The molecule has 1 amide bonds. The molecule has 172 valence electrons. The molecule has 1 N–H and O–H groups in total. The van der Waals surface area contributed by atoms with Gasteiger partial charge in [0.1, 0.15) is 5.75 Å². The number of ether oxygens (including phenoxy) is 3. The van der Waals surface area contributed by atoms with Gasteiger partial charge in [-0.25, -0.2) is 4.98 Å². The van der Waals surface area contributed by atoms with Crippen molar-refractivity contribution in [3.05, 3.63) is 58.5 Å². The van der Waals surface area contributed by atoms with E-state index in [9.17, 15) is 9.59 Å². The van der Waals surface area contributed by atoms with E-state index in [4.69, 9.17) is 19.2 Å². The first-order valence-electron chi connectivity index (χ1n) is 10.1. The van der Waals surface area contributed by atoms with Crippen LogP contribution in [0.25, 0.3) is 5.69 Å². The summed E-state index contributed by atoms with van der Waals surface area (Å²) >= 11 is 2.73. The Bertz CT molecular complexity index is 1250. The van der Waals surface area contributed by atoms with Gasteiger partial charge in [-0.05, 0) is 24.3 Å². The van der Waals surface area contributed by atoms with Gasteiger partial charge < -0.3 is 19.5 Å². The van der Waals surface area contributed by atoms with Crippen LogP contribution in [0.5, 0.6) is 17.2 Å². The lowest BCUT2D eigenvalue weighted by atomic mass is 10.2. The first-order valence-corrected chi connectivity index (χ1v) is 12.1. The zero-order valence-corrected chi connectivity index (χ0v) is 20.0. The van der Waals surface area contributed by atoms with Crippen molar-refractivity contribution in [2.24, 2.45) is 0 Å². The standard InChI is InChI=1S/C23H23N3O5S2/c1-29-16-6-4-5-15(12-16)26-22(28)21-17(9-10-32-21)25-23(26)33-13-20(27)24-14-7-8-18(30-2)19(11-14)31-3/h4-8,11-12H,9-10,13H2,1-3H3,(H,24,27). The Kier molecular flexibility index (Phi) is 7.14. The monoisotopic (exact) mass is 485 g/mol. The zero-order chi connectivity index (χ0) is 23.4. The van der Waals surface area contributed by atoms with Crippen LogP contribution in [0.3, 0.4) is 0 Å². The molecule has 2 aromatic carbocycles. The van der Waals surface area contributed by atoms with Crippen LogP contribution >= 0.6 is 23.5 Å². The number of hydrogen-bond acceptors (Lipinski definition) is 8. The van der Waals surface area contributed by atoms with Gasteiger partial charge in [-0.3, -0.25) is 14.2 Å². The van der Waals surface area contributed by atoms with Gasteiger partial charge in [-0.1, -0.05) is 17.8 Å². The molecule has 0 unspecified atom stereocenters. The van der Waals surface area contributed by atoms with Crippen molar-refractivity contribution in [1.29, 1.82) is 0 Å². The van der Waals surface area contributed by atoms with E-state index in [-0.39, 0.29) is 17.2 Å². The smallest absolute Gasteiger partial charge is 0.272 e. The second-order valence-electron chi connectivity index (χ2n) is 7.02. The molecule has 0 saturated heterocycles. The number of rotatable bonds is 8. The van der Waals surface area contributed by atoms with E-state index in [2.05, 4.69) is 5.32 Å². The average molecular weight is 486 g/mol. The molecule has 3 aromatic rings. The number of aryl methyl sites for hydroxylation is 1. The fraction of sp³-hybridized carbons (Fsp3) is 0.261. The van der Waals surface area contributed by atoms with Gasteiger partial charge in [-0.15, -0.1) is 11.8 Å². The Hall–Kier alpha value is -3.11. The molecule has 1 aliphatic rings. The number of nitrogens with zero attached hydrogens (tertiary/aromatic N) is 2. The molecule has 1 aliphatic heterocycles. The van der Waals surface area contributed by atoms with Crippen molar-refractivity contribution in [2.45, 2.75) is 16.5 Å². The highest BCUT2D eigenvalue weighted by Crippen LogP contribution is 2.32. The van der Waals surface area contributed by atoms with E-state index in [0.29, 0.717) is 38.7 Å². The second kappa shape index (κ2) is 10.2. The molecule has 0 aliphatic carbocycles. The SMILES string of the molecule is COc1cccc(-n2c(SCC(=O)Nc3ccc(OC)c(OC)c3)nc3c(c2=O)SCC3)c1. The quantitative estimate of drug-likeness (QED) is 0.382. The summed E-state index contributed by atoms with van der Waals surface area (Å²) in [6, 6.07) is 12.4. The predicted molar refractivity (Wildman–Crippen MR) is 130 cm³/mol. The summed E-state index contributed by atoms with van der Waals surface area (Å²) in [6.45, 7) is 0. The number of carbonyl (C=O) groups excluding carboxylic acids is 1. The molecule has 10 heteroatoms. The molecular formula is C23H23N3O5S2. The number of methoxy groups -OCH3 is 3. The van der Waals surface area contributed by atoms with Gasteiger partial charge in [0.15, 0.2) is 16.7 Å². The van der Waals surface area contributed by atoms with E-state index < -0.39 is 0 Å². The van der Waals surface area contributed by atoms with Crippen molar-refractivity contribution in [3.63, 3.8) is 0 Å². The third-order valence-electron chi connectivity index (χ3n) is 4.98. The topological polar surface area (TPSA) is 91.7 Å². The summed E-state index contributed by atoms with van der Waals surface area (Å²) in [5, 5.41) is 3.32. The minimum absolute atomic E-state index is 0.0800. The Morgan fingerprint density at radius 1 is 1.12 bits per heavy atom. The summed E-state index contributed by atoms with van der Waals surface area (Å²) < 4.78 is 17.4. The fourth-order valence-corrected chi connectivity index (χ4v) is 5.26. The Morgan fingerprint density at radius 3 is 2.70 bits per heavy atom. The Labute approximate surface area is 199 Å². The highest BCUT2D eigenvalue weighted by atomic mass is 32.2. The van der Waals surface area contributed by atoms with E-state index in [0.717, 1.165) is 17.9 Å². The van der Waals surface area contributed by atoms with Crippen molar-refractivity contribution in [3.8, 4) is 22.9 Å². The fourth-order valence-electron chi connectivity index (χ4n) is 3.41. The Balaban J connectivity index is 1.58. The zero-order valence-electron chi connectivity index (χ0n) is 18.4. The largest absolute Gasteiger partial charge is 0.497 e. The van der Waals surface area contributed by atoms with E-state index in [1.54, 1.807) is 43.1 Å². The maximum Gasteiger partial charge on any atom is 0.272 e. The van der Waals surface area contributed by atoms with E-state index >= 15 is 0 Å². The summed E-state index contributed by atoms with van der Waals surface area (Å²) in [4.78, 5) is 31.3. The van der Waals surface area contributed by atoms with Crippen molar-refractivity contribution < 1.29 is 19.0 Å². The molecule has 0 saturated carbocycles. The number of carbonyl (C=O) groups is 1. The summed E-state index contributed by atoms with van der Waals surface area (Å²) in [5.41, 5.74) is 1.89. The van der Waals surface area contributed by atoms with Gasteiger partial charge in [0.2, 0.25) is 5.91 Å². The van der Waals surface area contributed by atoms with Gasteiger partial charge in [0.25, 0.3) is 5.56 Å². The highest BCUT2D eigenvalue weighted by molar-refractivity contribution is 8.00. The first kappa shape index (κ1) is 23.1. The minimum atomic E-state index is -0.228. The molecule has 0 spiro atoms. The van der Waals surface area contributed by atoms with Crippen LogP contribution in [0.2, 0.25) is 0 Å². The Morgan fingerprint density at radius 2 is 1.94 bits per heavy atom. The van der Waals surface area contributed by atoms with Crippen LogP contribution in [-0.2, 0) is 11.2 Å². The number of aromatic nitrogens is 2. The number of amides is 1. The van der Waals surface area contributed by atoms with E-state index in [1.807, 2.05) is 18.2 Å². The maximum absolute atomic E-state index is 13.3. The lowest BCUT2D eigenvalue weighted by Crippen LogP contribution is -2.24. The third-order valence-corrected chi connectivity index (χ3v) is 7.02. The van der Waals surface area contributed by atoms with Crippen LogP contribution in [-0.4, -0.2) is 48.3 Å². The summed E-state index contributed by atoms with van der Waals surface area (Å²) in [7, 11) is 4.67. The molecule has 4 rings (SSSR count). The van der Waals surface area contributed by atoms with Gasteiger partial charge in [-0.2, -0.15) is 0 Å². The first-order chi connectivity index (χ1) is 16.0. The van der Waals surface area contributed by atoms with Gasteiger partial charge in [0.05, 0.1) is 43.4 Å². The number of fused-ring (bicyclic) bond motifs is 1. The van der Waals surface area contributed by atoms with Crippen molar-refractivity contribution in [2.75, 3.05) is 38.2 Å². The van der Waals surface area contributed by atoms with Crippen LogP contribution < -0.4 is 25.1 Å². The lowest BCUT2D eigenvalue weighted by molar-refractivity contribution is -0.113. The molecule has 8 nitrogen and oxygen atoms in total. The minimum Gasteiger partial charge on any atom is -0.497 e. The third kappa shape index (κ3) is 4.96. The number of benzene rings is 2. The van der Waals surface area contributed by atoms with Crippen molar-refractivity contribution >= 4 is 35.1 Å². The highest BCUT2D eigenvalue weighted by Gasteiger charge is 2.23. The molecule has 33 heavy (non-hydrogen) atoms. The number of anilines is 1. The van der Waals surface area contributed by atoms with Crippen LogP contribution in [0.15, 0.2) is 57.3 Å². The molecule has 0 bridgehead atoms. The number of nitrogens with one attached hydrogen (secondary N) is 1. The number of thioether (sulfide) groups is 2. The maximum atomic E-state index is 13.3. The van der Waals surface area contributed by atoms with E-state index in [1.165, 1.54) is 30.6 Å². The molecule has 2 heterocycles. The van der Waals surface area contributed by atoms with Gasteiger partial charge in [0, 0.05) is 30.0 Å². The molecule has 0 radical (unpaired) electrons. The molecular weight excluding hydrogens is 462 g/mol. The number of hydrogen-bond donors (Lipinski definition) is 1. The van der Waals surface area contributed by atoms with Gasteiger partial charge >= 0.3 is 0 Å². The van der Waals surface area contributed by atoms with Crippen molar-refractivity contribution in [1.82, 2.24) is 9.55 Å². The molecule has 0 atom stereocenters. The summed E-state index contributed by atoms with van der Waals surface area (Å²) in [6.07, 6.45) is 0.736. The second-order valence-corrected chi connectivity index (χ2v) is 9.06. The van der Waals surface area contributed by atoms with Crippen LogP contribution in [0.4, 0.5) is 5.69 Å². The lowest BCUT2D eigenvalue weighted by Gasteiger charge is -2.14.